The van der Waals surface area contributed by atoms with Crippen molar-refractivity contribution in [1.29, 1.82) is 5.26 Å². The first kappa shape index (κ1) is 14.8. The molecular weight excluding hydrogens is 312 g/mol. The highest BCUT2D eigenvalue weighted by Crippen LogP contribution is 2.29. The van der Waals surface area contributed by atoms with Crippen molar-refractivity contribution in [2.75, 3.05) is 0 Å². The van der Waals surface area contributed by atoms with Crippen molar-refractivity contribution in [2.24, 2.45) is 0 Å². The molecule has 0 bridgehead atoms. The van der Waals surface area contributed by atoms with Crippen LogP contribution in [0.2, 0.25) is 0 Å². The minimum absolute atomic E-state index is 0.157. The summed E-state index contributed by atoms with van der Waals surface area (Å²) in [6.45, 7) is 2.57. The van der Waals surface area contributed by atoms with Gasteiger partial charge in [0.1, 0.15) is 0 Å². The topological polar surface area (TPSA) is 54.5 Å². The van der Waals surface area contributed by atoms with Gasteiger partial charge >= 0.3 is 0 Å². The summed E-state index contributed by atoms with van der Waals surface area (Å²) in [6, 6.07) is 16.5. The molecule has 2 aromatic heterocycles. The zero-order valence-electron chi connectivity index (χ0n) is 12.0. The molecule has 0 aliphatic rings. The van der Waals surface area contributed by atoms with E-state index in [-0.39, 0.29) is 5.25 Å². The lowest BCUT2D eigenvalue weighted by Gasteiger charge is -2.10. The Bertz CT molecular complexity index is 772. The maximum absolute atomic E-state index is 9.04. The van der Waals surface area contributed by atoms with E-state index in [0.717, 1.165) is 15.9 Å². The van der Waals surface area contributed by atoms with E-state index in [1.54, 1.807) is 11.3 Å². The van der Waals surface area contributed by atoms with Crippen LogP contribution in [0.15, 0.2) is 53.0 Å². The molecule has 6 heteroatoms. The van der Waals surface area contributed by atoms with Gasteiger partial charge in [-0.3, -0.25) is 4.57 Å². The van der Waals surface area contributed by atoms with Crippen LogP contribution in [0.4, 0.5) is 0 Å². The van der Waals surface area contributed by atoms with Gasteiger partial charge in [0, 0.05) is 0 Å². The molecule has 0 N–H and O–H groups in total. The van der Waals surface area contributed by atoms with Gasteiger partial charge in [-0.25, -0.2) is 0 Å². The van der Waals surface area contributed by atoms with Crippen LogP contribution in [0, 0.1) is 11.3 Å². The molecule has 0 fully saturated rings. The minimum atomic E-state index is -0.157. The van der Waals surface area contributed by atoms with Gasteiger partial charge in [0.05, 0.1) is 22.7 Å². The number of benzene rings is 1. The molecule has 1 atom stereocenters. The average molecular weight is 326 g/mol. The quantitative estimate of drug-likeness (QED) is 0.664. The van der Waals surface area contributed by atoms with Crippen molar-refractivity contribution in [2.45, 2.75) is 23.9 Å². The van der Waals surface area contributed by atoms with Crippen molar-refractivity contribution >= 4 is 23.1 Å². The number of nitriles is 1. The number of hydrogen-bond acceptors (Lipinski definition) is 5. The van der Waals surface area contributed by atoms with Gasteiger partial charge in [-0.2, -0.15) is 5.26 Å². The molecule has 0 aliphatic heterocycles. The third-order valence-electron chi connectivity index (χ3n) is 3.11. The summed E-state index contributed by atoms with van der Waals surface area (Å²) >= 11 is 3.08. The van der Waals surface area contributed by atoms with Crippen LogP contribution in [-0.4, -0.2) is 20.0 Å². The second-order valence-corrected chi connectivity index (χ2v) is 7.00. The first-order chi connectivity index (χ1) is 10.8. The number of nitrogens with zero attached hydrogens (tertiary/aromatic N) is 4. The van der Waals surface area contributed by atoms with Crippen LogP contribution in [0.3, 0.4) is 0 Å². The highest BCUT2D eigenvalue weighted by atomic mass is 32.2. The predicted molar refractivity (Wildman–Crippen MR) is 89.8 cm³/mol. The van der Waals surface area contributed by atoms with Crippen LogP contribution in [0.25, 0.3) is 10.7 Å². The van der Waals surface area contributed by atoms with Crippen LogP contribution in [0.1, 0.15) is 12.5 Å². The van der Waals surface area contributed by atoms with Gasteiger partial charge in [-0.1, -0.05) is 48.2 Å². The fraction of sp³-hybridized carbons (Fsp3) is 0.188. The molecule has 0 spiro atoms. The van der Waals surface area contributed by atoms with Crippen LogP contribution >= 0.6 is 23.1 Å². The molecule has 0 saturated heterocycles. The summed E-state index contributed by atoms with van der Waals surface area (Å²) in [5, 5.41) is 20.3. The summed E-state index contributed by atoms with van der Waals surface area (Å²) in [6.07, 6.45) is 0. The standard InChI is InChI=1S/C16H14N4S2/c1-12(10-17)22-16-19-18-15(14-8-5-9-21-14)20(16)11-13-6-3-2-4-7-13/h2-9,12H,11H2,1H3/t12-/m1/s1. The summed E-state index contributed by atoms with van der Waals surface area (Å²) in [7, 11) is 0. The maximum atomic E-state index is 9.04. The Morgan fingerprint density at radius 3 is 2.73 bits per heavy atom. The van der Waals surface area contributed by atoms with E-state index in [4.69, 9.17) is 5.26 Å². The second kappa shape index (κ2) is 6.77. The molecule has 22 heavy (non-hydrogen) atoms. The van der Waals surface area contributed by atoms with Crippen LogP contribution < -0.4 is 0 Å². The first-order valence-electron chi connectivity index (χ1n) is 6.85. The monoisotopic (exact) mass is 326 g/mol. The predicted octanol–water partition coefficient (Wildman–Crippen LogP) is 4.06. The molecular formula is C16H14N4S2. The largest absolute Gasteiger partial charge is 0.297 e. The van der Waals surface area contributed by atoms with Crippen molar-refractivity contribution in [3.05, 3.63) is 53.4 Å². The van der Waals surface area contributed by atoms with Gasteiger partial charge < -0.3 is 0 Å². The molecule has 110 valence electrons. The molecule has 0 aliphatic carbocycles. The average Bonchev–Trinajstić information content (AvgIpc) is 3.19. The molecule has 0 saturated carbocycles. The summed E-state index contributed by atoms with van der Waals surface area (Å²) < 4.78 is 2.08. The Morgan fingerprint density at radius 2 is 2.05 bits per heavy atom. The van der Waals surface area contributed by atoms with E-state index in [9.17, 15) is 0 Å². The number of thiophene rings is 1. The van der Waals surface area contributed by atoms with Crippen molar-refractivity contribution in [3.63, 3.8) is 0 Å². The van der Waals surface area contributed by atoms with Crippen molar-refractivity contribution in [3.8, 4) is 16.8 Å². The lowest BCUT2D eigenvalue weighted by atomic mass is 10.2. The van der Waals surface area contributed by atoms with E-state index in [1.807, 2.05) is 42.6 Å². The Hall–Kier alpha value is -2.10. The molecule has 1 aromatic carbocycles. The van der Waals surface area contributed by atoms with Gasteiger partial charge in [-0.15, -0.1) is 21.5 Å². The molecule has 4 nitrogen and oxygen atoms in total. The Labute approximate surface area is 137 Å². The summed E-state index contributed by atoms with van der Waals surface area (Å²) in [5.41, 5.74) is 1.19. The molecule has 2 heterocycles. The first-order valence-corrected chi connectivity index (χ1v) is 8.61. The normalized spacial score (nSPS) is 12.0. The zero-order valence-corrected chi connectivity index (χ0v) is 13.6. The van der Waals surface area contributed by atoms with Gasteiger partial charge in [-0.05, 0) is 23.9 Å². The lowest BCUT2D eigenvalue weighted by Crippen LogP contribution is -2.05. The van der Waals surface area contributed by atoms with Gasteiger partial charge in [0.15, 0.2) is 11.0 Å². The molecule has 3 rings (SSSR count). The Morgan fingerprint density at radius 1 is 1.23 bits per heavy atom. The molecule has 0 unspecified atom stereocenters. The molecule has 3 aromatic rings. The van der Waals surface area contributed by atoms with E-state index >= 15 is 0 Å². The zero-order chi connectivity index (χ0) is 15.4. The van der Waals surface area contributed by atoms with Crippen molar-refractivity contribution < 1.29 is 0 Å². The highest BCUT2D eigenvalue weighted by molar-refractivity contribution is 8.00. The summed E-state index contributed by atoms with van der Waals surface area (Å²) in [4.78, 5) is 1.08. The summed E-state index contributed by atoms with van der Waals surface area (Å²) in [5.74, 6) is 0.853. The van der Waals surface area contributed by atoms with Crippen molar-refractivity contribution in [1.82, 2.24) is 14.8 Å². The van der Waals surface area contributed by atoms with Gasteiger partial charge in [0.25, 0.3) is 0 Å². The van der Waals surface area contributed by atoms with Gasteiger partial charge in [0.2, 0.25) is 0 Å². The second-order valence-electron chi connectivity index (χ2n) is 4.74. The number of thioether (sulfide) groups is 1. The van der Waals surface area contributed by atoms with E-state index in [0.29, 0.717) is 6.54 Å². The van der Waals surface area contributed by atoms with E-state index < -0.39 is 0 Å². The number of hydrogen-bond donors (Lipinski definition) is 0. The number of aromatic nitrogens is 3. The maximum Gasteiger partial charge on any atom is 0.193 e. The van der Waals surface area contributed by atoms with Crippen LogP contribution in [-0.2, 0) is 6.54 Å². The smallest absolute Gasteiger partial charge is 0.193 e. The number of rotatable bonds is 5. The highest BCUT2D eigenvalue weighted by Gasteiger charge is 2.17. The third-order valence-corrected chi connectivity index (χ3v) is 4.94. The Balaban J connectivity index is 1.99. The third kappa shape index (κ3) is 3.21. The van der Waals surface area contributed by atoms with Crippen LogP contribution in [0.5, 0.6) is 0 Å². The fourth-order valence-corrected chi connectivity index (χ4v) is 3.51. The SMILES string of the molecule is C[C@H](C#N)Sc1nnc(-c2cccs2)n1Cc1ccccc1. The molecule has 0 amide bonds. The molecule has 0 radical (unpaired) electrons. The van der Waals surface area contributed by atoms with E-state index in [1.165, 1.54) is 17.3 Å². The fourth-order valence-electron chi connectivity index (χ4n) is 2.06. The Kier molecular flexibility index (Phi) is 4.56. The minimum Gasteiger partial charge on any atom is -0.297 e. The lowest BCUT2D eigenvalue weighted by molar-refractivity contribution is 0.715. The van der Waals surface area contributed by atoms with E-state index in [2.05, 4.69) is 33.0 Å².